The van der Waals surface area contributed by atoms with Gasteiger partial charge in [-0.15, -0.1) is 11.6 Å². The number of hydrogen-bond donors (Lipinski definition) is 1. The number of hydrogen-bond acceptors (Lipinski definition) is 10. The van der Waals surface area contributed by atoms with Crippen LogP contribution in [-0.2, 0) is 12.5 Å². The molecular formula is C51H75ClN8O6. The van der Waals surface area contributed by atoms with Crippen molar-refractivity contribution in [2.45, 2.75) is 172 Å². The van der Waals surface area contributed by atoms with Crippen molar-refractivity contribution in [3.8, 4) is 0 Å². The Morgan fingerprint density at radius 3 is 1.17 bits per heavy atom. The van der Waals surface area contributed by atoms with Gasteiger partial charge in [-0.25, -0.2) is 0 Å². The number of carbonyl (C=O) groups excluding carboxylic acids is 5. The third-order valence-corrected chi connectivity index (χ3v) is 10.4. The van der Waals surface area contributed by atoms with Crippen LogP contribution in [0.3, 0.4) is 0 Å². The average molecular weight is 932 g/mol. The fourth-order valence-electron chi connectivity index (χ4n) is 7.49. The van der Waals surface area contributed by atoms with Crippen molar-refractivity contribution in [3.05, 3.63) is 119 Å². The van der Waals surface area contributed by atoms with Crippen LogP contribution in [0.4, 0.5) is 0 Å². The molecule has 4 heterocycles. The minimum absolute atomic E-state index is 0.00116. The van der Waals surface area contributed by atoms with E-state index in [0.717, 1.165) is 5.56 Å². The molecule has 0 bridgehead atoms. The quantitative estimate of drug-likeness (QED) is 0.0895. The van der Waals surface area contributed by atoms with Gasteiger partial charge in [0.25, 0.3) is 23.6 Å². The Morgan fingerprint density at radius 1 is 0.485 bits per heavy atom. The minimum atomic E-state index is -0.148. The highest BCUT2D eigenvalue weighted by molar-refractivity contribution is 6.17. The lowest BCUT2D eigenvalue weighted by Gasteiger charge is -2.31. The third kappa shape index (κ3) is 17.3. The van der Waals surface area contributed by atoms with Gasteiger partial charge in [0.2, 0.25) is 0 Å². The topological polar surface area (TPSA) is 170 Å². The highest BCUT2D eigenvalue weighted by Gasteiger charge is 2.26. The van der Waals surface area contributed by atoms with Crippen molar-refractivity contribution in [2.75, 3.05) is 0 Å². The average Bonchev–Trinajstić information content (AvgIpc) is 3.26. The van der Waals surface area contributed by atoms with Crippen LogP contribution in [0.1, 0.15) is 174 Å². The number of halogens is 1. The summed E-state index contributed by atoms with van der Waals surface area (Å²) < 4.78 is 0. The van der Waals surface area contributed by atoms with Crippen molar-refractivity contribution in [3.63, 3.8) is 0 Å². The van der Waals surface area contributed by atoms with E-state index in [1.807, 2.05) is 121 Å². The summed E-state index contributed by atoms with van der Waals surface area (Å²) in [6.45, 7) is 31.7. The van der Waals surface area contributed by atoms with Gasteiger partial charge in [0, 0.05) is 109 Å². The van der Waals surface area contributed by atoms with Crippen LogP contribution >= 0.6 is 11.6 Å². The molecule has 0 saturated carbocycles. The molecule has 1 N–H and O–H groups in total. The Bertz CT molecular complexity index is 2000. The number of carbonyl (C=O) groups is 5. The number of aromatic nitrogens is 4. The predicted octanol–water partition coefficient (Wildman–Crippen LogP) is 9.41. The maximum atomic E-state index is 12.4. The molecule has 0 unspecified atom stereocenters. The zero-order valence-corrected chi connectivity index (χ0v) is 42.8. The molecule has 0 aliphatic rings. The van der Waals surface area contributed by atoms with Crippen LogP contribution in [-0.4, -0.2) is 123 Å². The molecule has 4 amide bonds. The lowest BCUT2D eigenvalue weighted by molar-refractivity contribution is 0.0631. The van der Waals surface area contributed by atoms with Gasteiger partial charge >= 0.3 is 0 Å². The number of amides is 4. The Hall–Kier alpha value is -5.60. The normalized spacial score (nSPS) is 10.9. The van der Waals surface area contributed by atoms with E-state index in [-0.39, 0.29) is 78.6 Å². The molecule has 362 valence electrons. The van der Waals surface area contributed by atoms with Crippen molar-refractivity contribution in [2.24, 2.45) is 0 Å². The summed E-state index contributed by atoms with van der Waals surface area (Å²) in [5, 5.41) is 9.23. The summed E-state index contributed by atoms with van der Waals surface area (Å²) in [6.07, 6.45) is 13.3. The van der Waals surface area contributed by atoms with Crippen LogP contribution in [0.15, 0.2) is 79.9 Å². The minimum Gasteiger partial charge on any atom is -0.392 e. The van der Waals surface area contributed by atoms with E-state index < -0.39 is 0 Å². The van der Waals surface area contributed by atoms with E-state index in [9.17, 15) is 29.1 Å². The van der Waals surface area contributed by atoms with Gasteiger partial charge in [-0.2, -0.15) is 0 Å². The second kappa shape index (κ2) is 29.1. The molecule has 0 fully saturated rings. The molecule has 0 saturated heterocycles. The second-order valence-corrected chi connectivity index (χ2v) is 18.0. The van der Waals surface area contributed by atoms with Gasteiger partial charge in [0.05, 0.1) is 28.9 Å². The van der Waals surface area contributed by atoms with E-state index >= 15 is 0 Å². The first-order valence-electron chi connectivity index (χ1n) is 22.6. The van der Waals surface area contributed by atoms with Crippen LogP contribution in [0.2, 0.25) is 0 Å². The lowest BCUT2D eigenvalue weighted by atomic mass is 10.1. The lowest BCUT2D eigenvalue weighted by Crippen LogP contribution is -2.42. The summed E-state index contributed by atoms with van der Waals surface area (Å²) in [5.41, 5.74) is 3.94. The zero-order valence-electron chi connectivity index (χ0n) is 42.1. The Labute approximate surface area is 399 Å². The first kappa shape index (κ1) is 58.4. The second-order valence-electron chi connectivity index (χ2n) is 17.8. The van der Waals surface area contributed by atoms with Crippen molar-refractivity contribution in [1.82, 2.24) is 39.5 Å². The van der Waals surface area contributed by atoms with Crippen molar-refractivity contribution < 1.29 is 29.1 Å². The molecular weight excluding hydrogens is 856 g/mol. The van der Waals surface area contributed by atoms with Gasteiger partial charge in [0.1, 0.15) is 0 Å². The van der Waals surface area contributed by atoms with Gasteiger partial charge < -0.3 is 24.7 Å². The number of aliphatic hydroxyl groups excluding tert-OH is 1. The summed E-state index contributed by atoms with van der Waals surface area (Å²) >= 11 is 5.84. The maximum Gasteiger partial charge on any atom is 0.256 e. The molecule has 4 aromatic rings. The summed E-state index contributed by atoms with van der Waals surface area (Å²) in [5.74, 6) is 0.150. The highest BCUT2D eigenvalue weighted by atomic mass is 35.5. The van der Waals surface area contributed by atoms with E-state index in [0.29, 0.717) is 45.5 Å². The number of aliphatic hydroxyl groups is 1. The van der Waals surface area contributed by atoms with E-state index in [1.165, 1.54) is 18.6 Å². The zero-order chi connectivity index (χ0) is 50.4. The number of alkyl halides is 1. The Balaban J connectivity index is 0.000000441. The summed E-state index contributed by atoms with van der Waals surface area (Å²) in [7, 11) is 0. The number of rotatable bonds is 15. The van der Waals surface area contributed by atoms with Crippen LogP contribution in [0.5, 0.6) is 0 Å². The van der Waals surface area contributed by atoms with Crippen LogP contribution in [0.25, 0.3) is 0 Å². The van der Waals surface area contributed by atoms with Gasteiger partial charge in [-0.05, 0) is 152 Å². The summed E-state index contributed by atoms with van der Waals surface area (Å²) in [6, 6.07) is 9.74. The van der Waals surface area contributed by atoms with Crippen molar-refractivity contribution in [1.29, 1.82) is 0 Å². The molecule has 66 heavy (non-hydrogen) atoms. The number of nitrogens with zero attached hydrogens (tertiary/aromatic N) is 8. The highest BCUT2D eigenvalue weighted by Crippen LogP contribution is 2.18. The van der Waals surface area contributed by atoms with Crippen molar-refractivity contribution >= 4 is 41.5 Å². The monoisotopic (exact) mass is 931 g/mol. The van der Waals surface area contributed by atoms with E-state index in [1.54, 1.807) is 71.1 Å². The molecule has 4 aromatic heterocycles. The molecule has 0 radical (unpaired) electrons. The fraction of sp³-hybridized carbons (Fsp3) is 0.510. The Morgan fingerprint density at radius 2 is 0.818 bits per heavy atom. The van der Waals surface area contributed by atoms with Gasteiger partial charge in [-0.3, -0.25) is 43.9 Å². The standard InChI is InChI=1S/C13H19ClN2O.C13H20N2O2.C13H18N2O2.C12H18N2O/c1-9(2)16(10(3)4)13(17)12-8-15-6-5-11(12)7-14;2*1-9(2)15(10(3)4)13(17)12-7-14-6-5-11(12)8-16;1-9(2)14(10(3)4)12(15)11-6-5-7-13-8-11/h5-6,8-10H,7H2,1-4H3;5-7,9-10,16H,8H2,1-4H3;5-10H,1-4H3;5-10H,1-4H3. The first-order valence-corrected chi connectivity index (χ1v) is 23.2. The predicted molar refractivity (Wildman–Crippen MR) is 264 cm³/mol. The molecule has 0 aromatic carbocycles. The van der Waals surface area contributed by atoms with Gasteiger partial charge in [-0.1, -0.05) is 0 Å². The van der Waals surface area contributed by atoms with Crippen LogP contribution in [0, 0.1) is 0 Å². The molecule has 15 heteroatoms. The van der Waals surface area contributed by atoms with Crippen LogP contribution < -0.4 is 0 Å². The molecule has 14 nitrogen and oxygen atoms in total. The number of aldehydes is 1. The van der Waals surface area contributed by atoms with E-state index in [2.05, 4.69) is 19.9 Å². The molecule has 4 rings (SSSR count). The van der Waals surface area contributed by atoms with E-state index in [4.69, 9.17) is 11.6 Å². The third-order valence-electron chi connectivity index (χ3n) is 10.1. The number of pyridine rings is 4. The maximum absolute atomic E-state index is 12.4. The SMILES string of the molecule is CC(C)N(C(=O)c1cccnc1)C(C)C.CC(C)N(C(=O)c1cnccc1C=O)C(C)C.CC(C)N(C(=O)c1cnccc1CCl)C(C)C.CC(C)N(C(=O)c1cnccc1CO)C(C)C. The molecule has 0 aliphatic heterocycles. The Kier molecular flexibility index (Phi) is 25.8. The fourth-order valence-corrected chi connectivity index (χ4v) is 7.72. The largest absolute Gasteiger partial charge is 0.392 e. The molecule has 0 atom stereocenters. The first-order chi connectivity index (χ1) is 31.0. The summed E-state index contributed by atoms with van der Waals surface area (Å²) in [4.78, 5) is 83.2. The smallest absolute Gasteiger partial charge is 0.256 e. The van der Waals surface area contributed by atoms with Gasteiger partial charge in [0.15, 0.2) is 6.29 Å². The molecule has 0 aliphatic carbocycles. The molecule has 0 spiro atoms.